The molecule has 0 spiro atoms. The third-order valence-electron chi connectivity index (χ3n) is 6.83. The number of carbonyl (C=O) groups excluding carboxylic acids is 2. The van der Waals surface area contributed by atoms with Gasteiger partial charge in [0.25, 0.3) is 0 Å². The summed E-state index contributed by atoms with van der Waals surface area (Å²) in [4.78, 5) is 35.9. The van der Waals surface area contributed by atoms with Crippen molar-refractivity contribution in [2.45, 2.75) is 173 Å². The number of carboxylic acids is 1. The van der Waals surface area contributed by atoms with Gasteiger partial charge in [0.05, 0.1) is 43.7 Å². The first-order chi connectivity index (χ1) is 19.0. The number of unbranched alkanes of at least 4 members (excludes halogenated alkanes) is 6. The molecule has 0 aliphatic heterocycles. The lowest BCUT2D eigenvalue weighted by Gasteiger charge is -2.23. The molecule has 10 nitrogen and oxygen atoms in total. The molecular weight excluding hydrogens is 520 g/mol. The van der Waals surface area contributed by atoms with E-state index in [4.69, 9.17) is 14.6 Å². The van der Waals surface area contributed by atoms with Crippen molar-refractivity contribution < 1.29 is 49.4 Å². The van der Waals surface area contributed by atoms with Gasteiger partial charge in [-0.1, -0.05) is 65.7 Å². The molecule has 0 aliphatic rings. The minimum Gasteiger partial charge on any atom is -0.481 e. The molecule has 6 atom stereocenters. The number of rotatable bonds is 26. The van der Waals surface area contributed by atoms with Crippen LogP contribution in [0, 0.1) is 0 Å². The molecule has 0 rings (SSSR count). The molecule has 236 valence electrons. The van der Waals surface area contributed by atoms with E-state index in [2.05, 4.69) is 6.92 Å². The Balaban J connectivity index is 4.91. The second-order valence-corrected chi connectivity index (χ2v) is 11.0. The molecule has 10 heteroatoms. The maximum atomic E-state index is 12.6. The van der Waals surface area contributed by atoms with Gasteiger partial charge in [0, 0.05) is 12.8 Å². The predicted molar refractivity (Wildman–Crippen MR) is 152 cm³/mol. The van der Waals surface area contributed by atoms with Crippen LogP contribution in [0.3, 0.4) is 0 Å². The molecule has 0 amide bonds. The van der Waals surface area contributed by atoms with E-state index in [9.17, 15) is 34.8 Å². The minimum atomic E-state index is -1.14. The maximum Gasteiger partial charge on any atom is 0.308 e. The third kappa shape index (κ3) is 22.0. The highest BCUT2D eigenvalue weighted by Gasteiger charge is 2.25. The van der Waals surface area contributed by atoms with Gasteiger partial charge in [-0.2, -0.15) is 0 Å². The number of aliphatic carboxylic acids is 1. The van der Waals surface area contributed by atoms with Crippen LogP contribution in [0.25, 0.3) is 0 Å². The number of carboxylic acid groups (broad SMARTS) is 1. The van der Waals surface area contributed by atoms with Crippen molar-refractivity contribution in [1.82, 2.24) is 0 Å². The summed E-state index contributed by atoms with van der Waals surface area (Å²) in [5.74, 6) is -2.42. The van der Waals surface area contributed by atoms with Crippen LogP contribution < -0.4 is 0 Å². The molecule has 0 radical (unpaired) electrons. The fourth-order valence-electron chi connectivity index (χ4n) is 4.67. The van der Waals surface area contributed by atoms with Crippen LogP contribution in [0.5, 0.6) is 0 Å². The predicted octanol–water partition coefficient (Wildman–Crippen LogP) is 4.42. The van der Waals surface area contributed by atoms with Crippen LogP contribution in [0.2, 0.25) is 0 Å². The smallest absolute Gasteiger partial charge is 0.308 e. The fraction of sp³-hybridized carbons (Fsp3) is 0.900. The zero-order valence-corrected chi connectivity index (χ0v) is 25.0. The highest BCUT2D eigenvalue weighted by atomic mass is 16.5. The van der Waals surface area contributed by atoms with E-state index in [1.165, 1.54) is 0 Å². The van der Waals surface area contributed by atoms with Crippen molar-refractivity contribution in [3.8, 4) is 0 Å². The Bertz CT molecular complexity index is 671. The van der Waals surface area contributed by atoms with E-state index >= 15 is 0 Å². The average Bonchev–Trinajstić information content (AvgIpc) is 2.83. The molecular formula is C30H56O10. The van der Waals surface area contributed by atoms with Gasteiger partial charge >= 0.3 is 17.9 Å². The van der Waals surface area contributed by atoms with Crippen molar-refractivity contribution >= 4 is 17.9 Å². The lowest BCUT2D eigenvalue weighted by Crippen LogP contribution is -2.30. The molecule has 5 N–H and O–H groups in total. The molecule has 0 fully saturated rings. The van der Waals surface area contributed by atoms with Crippen molar-refractivity contribution in [2.75, 3.05) is 0 Å². The molecule has 0 aliphatic carbocycles. The van der Waals surface area contributed by atoms with E-state index in [1.54, 1.807) is 0 Å². The molecule has 0 heterocycles. The van der Waals surface area contributed by atoms with E-state index in [1.807, 2.05) is 13.8 Å². The Hall–Kier alpha value is -1.75. The van der Waals surface area contributed by atoms with E-state index in [-0.39, 0.29) is 32.1 Å². The first kappa shape index (κ1) is 38.2. The standard InChI is InChI=1S/C30H56O10/c1-4-7-10-13-22(31)16-23(32)20-29(37)40-27(15-12-9-6-3)18-25(34)21-30(38)39-26(14-11-8-5-2)17-24(33)19-28(35)36/h22-27,31-34H,4-21H2,1-3H3,(H,35,36)/t22-,23?,24?,25?,26-,27-/m1/s1. The molecule has 0 bridgehead atoms. The zero-order chi connectivity index (χ0) is 30.3. The SMILES string of the molecule is CCCCC[C@@H](O)CC(O)CC(=O)O[C@H](CCCCC)CC(O)CC(=O)O[C@H](CCCCC)CC(O)CC(=O)O. The Morgan fingerprint density at radius 1 is 0.525 bits per heavy atom. The first-order valence-electron chi connectivity index (χ1n) is 15.3. The topological polar surface area (TPSA) is 171 Å². The summed E-state index contributed by atoms with van der Waals surface area (Å²) in [6.45, 7) is 6.13. The fourth-order valence-corrected chi connectivity index (χ4v) is 4.67. The van der Waals surface area contributed by atoms with Gasteiger partial charge in [0.2, 0.25) is 0 Å². The molecule has 3 unspecified atom stereocenters. The summed E-state index contributed by atoms with van der Waals surface area (Å²) in [6, 6.07) is 0. The van der Waals surface area contributed by atoms with Crippen molar-refractivity contribution in [3.63, 3.8) is 0 Å². The summed E-state index contributed by atoms with van der Waals surface area (Å²) >= 11 is 0. The van der Waals surface area contributed by atoms with Gasteiger partial charge in [-0.25, -0.2) is 0 Å². The third-order valence-corrected chi connectivity index (χ3v) is 6.83. The molecule has 0 saturated heterocycles. The number of esters is 2. The number of carbonyl (C=O) groups is 3. The van der Waals surface area contributed by atoms with E-state index < -0.39 is 61.0 Å². The summed E-state index contributed by atoms with van der Waals surface area (Å²) < 4.78 is 11.0. The van der Waals surface area contributed by atoms with Gasteiger partial charge in [-0.15, -0.1) is 0 Å². The molecule has 0 saturated carbocycles. The lowest BCUT2D eigenvalue weighted by atomic mass is 10.0. The Morgan fingerprint density at radius 3 is 1.30 bits per heavy atom. The minimum absolute atomic E-state index is 0.00470. The quantitative estimate of drug-likeness (QED) is 0.0733. The normalized spacial score (nSPS) is 16.0. The van der Waals surface area contributed by atoms with Crippen LogP contribution in [0.1, 0.15) is 136 Å². The van der Waals surface area contributed by atoms with Crippen LogP contribution >= 0.6 is 0 Å². The number of aliphatic hydroxyl groups is 4. The Morgan fingerprint density at radius 2 is 0.900 bits per heavy atom. The van der Waals surface area contributed by atoms with Crippen LogP contribution in [0.4, 0.5) is 0 Å². The monoisotopic (exact) mass is 576 g/mol. The molecule has 0 aromatic rings. The highest BCUT2D eigenvalue weighted by Crippen LogP contribution is 2.19. The number of aliphatic hydroxyl groups excluding tert-OH is 4. The number of ether oxygens (including phenoxy) is 2. The van der Waals surface area contributed by atoms with Crippen molar-refractivity contribution in [1.29, 1.82) is 0 Å². The maximum absolute atomic E-state index is 12.6. The number of hydrogen-bond donors (Lipinski definition) is 5. The lowest BCUT2D eigenvalue weighted by molar-refractivity contribution is -0.155. The Kier molecular flexibility index (Phi) is 22.9. The van der Waals surface area contributed by atoms with Crippen LogP contribution in [0.15, 0.2) is 0 Å². The van der Waals surface area contributed by atoms with Crippen LogP contribution in [-0.2, 0) is 23.9 Å². The van der Waals surface area contributed by atoms with Crippen molar-refractivity contribution in [2.24, 2.45) is 0 Å². The van der Waals surface area contributed by atoms with Gasteiger partial charge in [-0.05, 0) is 38.5 Å². The van der Waals surface area contributed by atoms with Gasteiger partial charge in [0.1, 0.15) is 12.2 Å². The molecule has 0 aromatic carbocycles. The highest BCUT2D eigenvalue weighted by molar-refractivity contribution is 5.71. The summed E-state index contributed by atoms with van der Waals surface area (Å²) in [7, 11) is 0. The summed E-state index contributed by atoms with van der Waals surface area (Å²) in [5.41, 5.74) is 0. The van der Waals surface area contributed by atoms with Gasteiger partial charge < -0.3 is 35.0 Å². The second kappa shape index (κ2) is 23.9. The average molecular weight is 577 g/mol. The summed E-state index contributed by atoms with van der Waals surface area (Å²) in [6.07, 6.45) is 3.52. The van der Waals surface area contributed by atoms with Gasteiger partial charge in [0.15, 0.2) is 0 Å². The molecule has 0 aromatic heterocycles. The second-order valence-electron chi connectivity index (χ2n) is 11.0. The Labute approximate surface area is 240 Å². The van der Waals surface area contributed by atoms with Gasteiger partial charge in [-0.3, -0.25) is 14.4 Å². The van der Waals surface area contributed by atoms with Crippen LogP contribution in [-0.4, -0.2) is 80.1 Å². The van der Waals surface area contributed by atoms with E-state index in [0.29, 0.717) is 19.3 Å². The largest absolute Gasteiger partial charge is 0.481 e. The molecule has 40 heavy (non-hydrogen) atoms. The van der Waals surface area contributed by atoms with Crippen molar-refractivity contribution in [3.05, 3.63) is 0 Å². The summed E-state index contributed by atoms with van der Waals surface area (Å²) in [5, 5.41) is 49.8. The van der Waals surface area contributed by atoms with E-state index in [0.717, 1.165) is 57.8 Å². The zero-order valence-electron chi connectivity index (χ0n) is 25.0. The first-order valence-corrected chi connectivity index (χ1v) is 15.3. The number of hydrogen-bond acceptors (Lipinski definition) is 9.